The molecule has 1 heterocycles. The van der Waals surface area contributed by atoms with Gasteiger partial charge in [-0.2, -0.15) is 0 Å². The number of esters is 2. The highest BCUT2D eigenvalue weighted by Gasteiger charge is 2.54. The van der Waals surface area contributed by atoms with Gasteiger partial charge in [-0.3, -0.25) is 4.79 Å². The Balaban J connectivity index is 1.95. The van der Waals surface area contributed by atoms with Crippen LogP contribution in [0.4, 0.5) is 0 Å². The number of carbonyl (C=O) groups is 2. The van der Waals surface area contributed by atoms with E-state index in [4.69, 9.17) is 9.47 Å². The smallest absolute Gasteiger partial charge is 0.334 e. The fourth-order valence-corrected chi connectivity index (χ4v) is 4.29. The Labute approximate surface area is 125 Å². The molecule has 4 atom stereocenters. The minimum atomic E-state index is -0.242. The van der Waals surface area contributed by atoms with E-state index in [0.29, 0.717) is 6.42 Å². The van der Waals surface area contributed by atoms with Crippen LogP contribution in [-0.2, 0) is 19.1 Å². The summed E-state index contributed by atoms with van der Waals surface area (Å²) in [6.07, 6.45) is 2.94. The highest BCUT2D eigenvalue weighted by atomic mass is 16.6. The molecule has 4 nitrogen and oxygen atoms in total. The second kappa shape index (κ2) is 4.72. The molecule has 0 amide bonds. The molecule has 1 aliphatic heterocycles. The molecule has 114 valence electrons. The van der Waals surface area contributed by atoms with Crippen molar-refractivity contribution in [2.24, 2.45) is 11.3 Å². The normalized spacial score (nSPS) is 38.7. The van der Waals surface area contributed by atoms with Gasteiger partial charge in [0.15, 0.2) is 0 Å². The van der Waals surface area contributed by atoms with Crippen molar-refractivity contribution in [2.75, 3.05) is 0 Å². The number of hydrogen-bond donors (Lipinski definition) is 0. The Kier molecular flexibility index (Phi) is 3.23. The summed E-state index contributed by atoms with van der Waals surface area (Å²) in [5.74, 6) is -0.188. The standard InChI is InChI=1S/C17H22O4/c1-9-5-6-15(20-11(3)18)17(4)8-14-12(7-13(9)17)10(2)16(19)21-14/h13-15H,1,5-8H2,2-4H3. The first-order chi connectivity index (χ1) is 9.83. The predicted molar refractivity (Wildman–Crippen MR) is 77.3 cm³/mol. The zero-order chi connectivity index (χ0) is 15.4. The maximum Gasteiger partial charge on any atom is 0.334 e. The monoisotopic (exact) mass is 290 g/mol. The Morgan fingerprint density at radius 1 is 1.48 bits per heavy atom. The first kappa shape index (κ1) is 14.4. The van der Waals surface area contributed by atoms with Gasteiger partial charge in [-0.1, -0.05) is 19.1 Å². The van der Waals surface area contributed by atoms with Gasteiger partial charge in [0.2, 0.25) is 0 Å². The maximum absolute atomic E-state index is 11.8. The Morgan fingerprint density at radius 3 is 2.86 bits per heavy atom. The minimum Gasteiger partial charge on any atom is -0.462 e. The third kappa shape index (κ3) is 2.12. The van der Waals surface area contributed by atoms with Crippen LogP contribution in [0.1, 0.15) is 46.5 Å². The number of fused-ring (bicyclic) bond motifs is 2. The van der Waals surface area contributed by atoms with E-state index in [1.54, 1.807) is 0 Å². The van der Waals surface area contributed by atoms with Gasteiger partial charge in [-0.05, 0) is 44.1 Å². The highest BCUT2D eigenvalue weighted by molar-refractivity contribution is 5.91. The van der Waals surface area contributed by atoms with E-state index in [-0.39, 0.29) is 35.5 Å². The van der Waals surface area contributed by atoms with Crippen LogP contribution in [0.3, 0.4) is 0 Å². The van der Waals surface area contributed by atoms with Crippen LogP contribution in [0, 0.1) is 11.3 Å². The van der Waals surface area contributed by atoms with Gasteiger partial charge >= 0.3 is 11.9 Å². The molecule has 0 aromatic rings. The van der Waals surface area contributed by atoms with Crippen molar-refractivity contribution >= 4 is 11.9 Å². The van der Waals surface area contributed by atoms with Crippen molar-refractivity contribution in [1.29, 1.82) is 0 Å². The van der Waals surface area contributed by atoms with E-state index in [1.165, 1.54) is 12.5 Å². The average Bonchev–Trinajstić information content (AvgIpc) is 2.66. The summed E-state index contributed by atoms with van der Waals surface area (Å²) in [5, 5.41) is 0. The van der Waals surface area contributed by atoms with Crippen LogP contribution < -0.4 is 0 Å². The molecule has 0 spiro atoms. The molecule has 0 radical (unpaired) electrons. The molecule has 2 fully saturated rings. The first-order valence-electron chi connectivity index (χ1n) is 7.58. The van der Waals surface area contributed by atoms with Gasteiger partial charge in [-0.25, -0.2) is 4.79 Å². The molecule has 0 saturated heterocycles. The van der Waals surface area contributed by atoms with Gasteiger partial charge in [0, 0.05) is 17.9 Å². The molecule has 3 aliphatic rings. The lowest BCUT2D eigenvalue weighted by molar-refractivity contribution is -0.164. The fourth-order valence-electron chi connectivity index (χ4n) is 4.29. The molecule has 0 aromatic heterocycles. The number of allylic oxidation sites excluding steroid dienone is 1. The van der Waals surface area contributed by atoms with E-state index in [9.17, 15) is 9.59 Å². The summed E-state index contributed by atoms with van der Waals surface area (Å²) in [6, 6.07) is 0. The Hall–Kier alpha value is -1.58. The number of carbonyl (C=O) groups excluding carboxylic acids is 2. The molecule has 4 unspecified atom stereocenters. The van der Waals surface area contributed by atoms with Gasteiger partial charge < -0.3 is 9.47 Å². The second-order valence-electron chi connectivity index (χ2n) is 6.81. The van der Waals surface area contributed by atoms with Crippen LogP contribution in [0.25, 0.3) is 0 Å². The topological polar surface area (TPSA) is 52.6 Å². The van der Waals surface area contributed by atoms with E-state index in [1.807, 2.05) is 6.92 Å². The average molecular weight is 290 g/mol. The molecular weight excluding hydrogens is 268 g/mol. The van der Waals surface area contributed by atoms with Crippen LogP contribution in [0.2, 0.25) is 0 Å². The largest absolute Gasteiger partial charge is 0.462 e. The van der Waals surface area contributed by atoms with Gasteiger partial charge in [0.1, 0.15) is 12.2 Å². The van der Waals surface area contributed by atoms with Crippen molar-refractivity contribution in [1.82, 2.24) is 0 Å². The Bertz CT molecular complexity index is 559. The number of ether oxygens (including phenoxy) is 2. The summed E-state index contributed by atoms with van der Waals surface area (Å²) in [7, 11) is 0. The second-order valence-corrected chi connectivity index (χ2v) is 6.81. The van der Waals surface area contributed by atoms with Crippen LogP contribution in [0.5, 0.6) is 0 Å². The molecule has 0 aromatic carbocycles. The summed E-state index contributed by atoms with van der Waals surface area (Å²) >= 11 is 0. The van der Waals surface area contributed by atoms with E-state index >= 15 is 0 Å². The molecule has 0 bridgehead atoms. The summed E-state index contributed by atoms with van der Waals surface area (Å²) < 4.78 is 11.1. The highest BCUT2D eigenvalue weighted by Crippen LogP contribution is 2.56. The number of rotatable bonds is 1. The van der Waals surface area contributed by atoms with Crippen molar-refractivity contribution in [2.45, 2.75) is 58.7 Å². The molecule has 2 aliphatic carbocycles. The van der Waals surface area contributed by atoms with E-state index in [2.05, 4.69) is 13.5 Å². The molecule has 21 heavy (non-hydrogen) atoms. The third-order valence-electron chi connectivity index (χ3n) is 5.54. The molecule has 4 heteroatoms. The fraction of sp³-hybridized carbons (Fsp3) is 0.647. The quantitative estimate of drug-likeness (QED) is 0.550. The SMILES string of the molecule is C=C1CCC(OC(C)=O)C2(C)CC3OC(=O)C(C)=C3CC12. The number of hydrogen-bond acceptors (Lipinski definition) is 4. The van der Waals surface area contributed by atoms with Gasteiger partial charge in [-0.15, -0.1) is 0 Å². The van der Waals surface area contributed by atoms with Crippen LogP contribution in [-0.4, -0.2) is 24.1 Å². The summed E-state index contributed by atoms with van der Waals surface area (Å²) in [4.78, 5) is 23.2. The molecule has 2 saturated carbocycles. The lowest BCUT2D eigenvalue weighted by Gasteiger charge is -2.51. The summed E-state index contributed by atoms with van der Waals surface area (Å²) in [6.45, 7) is 9.67. The molecule has 3 rings (SSSR count). The minimum absolute atomic E-state index is 0.119. The first-order valence-corrected chi connectivity index (χ1v) is 7.58. The zero-order valence-electron chi connectivity index (χ0n) is 12.9. The lowest BCUT2D eigenvalue weighted by Crippen LogP contribution is -2.50. The summed E-state index contributed by atoms with van der Waals surface area (Å²) in [5.41, 5.74) is 2.88. The molecule has 0 N–H and O–H groups in total. The van der Waals surface area contributed by atoms with Crippen LogP contribution in [0.15, 0.2) is 23.3 Å². The van der Waals surface area contributed by atoms with Crippen molar-refractivity contribution < 1.29 is 19.1 Å². The van der Waals surface area contributed by atoms with Crippen molar-refractivity contribution in [3.8, 4) is 0 Å². The zero-order valence-corrected chi connectivity index (χ0v) is 12.9. The van der Waals surface area contributed by atoms with Crippen molar-refractivity contribution in [3.63, 3.8) is 0 Å². The van der Waals surface area contributed by atoms with Gasteiger partial charge in [0.25, 0.3) is 0 Å². The van der Waals surface area contributed by atoms with Crippen molar-refractivity contribution in [3.05, 3.63) is 23.3 Å². The maximum atomic E-state index is 11.8. The third-order valence-corrected chi connectivity index (χ3v) is 5.54. The Morgan fingerprint density at radius 2 is 2.19 bits per heavy atom. The lowest BCUT2D eigenvalue weighted by atomic mass is 9.56. The van der Waals surface area contributed by atoms with E-state index < -0.39 is 0 Å². The van der Waals surface area contributed by atoms with Crippen LogP contribution >= 0.6 is 0 Å². The van der Waals surface area contributed by atoms with E-state index in [0.717, 1.165) is 30.4 Å². The van der Waals surface area contributed by atoms with Gasteiger partial charge in [0.05, 0.1) is 0 Å². The molecular formula is C17H22O4. The predicted octanol–water partition coefficient (Wildman–Crippen LogP) is 2.93.